The van der Waals surface area contributed by atoms with Crippen LogP contribution in [0.25, 0.3) is 16.9 Å². The molecule has 5 heterocycles. The third kappa shape index (κ3) is 3.96. The second-order valence-corrected chi connectivity index (χ2v) is 10.0. The Morgan fingerprint density at radius 3 is 2.60 bits per heavy atom. The van der Waals surface area contributed by atoms with Crippen molar-refractivity contribution >= 4 is 28.4 Å². The van der Waals surface area contributed by atoms with Crippen molar-refractivity contribution in [1.29, 1.82) is 5.26 Å². The van der Waals surface area contributed by atoms with Crippen LogP contribution in [0.15, 0.2) is 30.9 Å². The van der Waals surface area contributed by atoms with Gasteiger partial charge in [0.15, 0.2) is 5.65 Å². The molecule has 5 rings (SSSR count). The lowest BCUT2D eigenvalue weighted by Gasteiger charge is -2.46. The van der Waals surface area contributed by atoms with E-state index in [1.807, 2.05) is 17.7 Å². The van der Waals surface area contributed by atoms with E-state index in [2.05, 4.69) is 32.8 Å². The maximum Gasteiger partial charge on any atom is 0.254 e. The first-order valence-electron chi connectivity index (χ1n) is 12.0. The van der Waals surface area contributed by atoms with Crippen molar-refractivity contribution in [1.82, 2.24) is 24.4 Å². The number of piperazine rings is 1. The van der Waals surface area contributed by atoms with E-state index in [0.29, 0.717) is 24.5 Å². The summed E-state index contributed by atoms with van der Waals surface area (Å²) in [5.74, 6) is 1.19. The zero-order valence-corrected chi connectivity index (χ0v) is 20.5. The molecule has 2 fully saturated rings. The van der Waals surface area contributed by atoms with Crippen molar-refractivity contribution < 1.29 is 9.90 Å². The first kappa shape index (κ1) is 23.1. The molecule has 0 bridgehead atoms. The van der Waals surface area contributed by atoms with E-state index in [1.54, 1.807) is 29.6 Å². The number of nitrogens with zero attached hydrogens (tertiary/aromatic N) is 8. The van der Waals surface area contributed by atoms with Crippen LogP contribution < -0.4 is 9.80 Å². The van der Waals surface area contributed by atoms with Gasteiger partial charge in [-0.1, -0.05) is 0 Å². The first-order chi connectivity index (χ1) is 16.7. The highest BCUT2D eigenvalue weighted by Gasteiger charge is 2.39. The van der Waals surface area contributed by atoms with E-state index < -0.39 is 5.60 Å². The number of nitriles is 1. The molecule has 2 atom stereocenters. The minimum atomic E-state index is -1.41. The van der Waals surface area contributed by atoms with Crippen LogP contribution in [0.5, 0.6) is 0 Å². The normalized spacial score (nSPS) is 20.6. The lowest BCUT2D eigenvalue weighted by Crippen LogP contribution is -2.61. The maximum atomic E-state index is 12.8. The molecule has 182 valence electrons. The highest BCUT2D eigenvalue weighted by atomic mass is 16.3. The monoisotopic (exact) mass is 474 g/mol. The van der Waals surface area contributed by atoms with E-state index in [0.717, 1.165) is 42.0 Å². The molecule has 35 heavy (non-hydrogen) atoms. The predicted octanol–water partition coefficient (Wildman–Crippen LogP) is 2.09. The predicted molar refractivity (Wildman–Crippen MR) is 132 cm³/mol. The molecule has 1 N–H and O–H groups in total. The van der Waals surface area contributed by atoms with E-state index >= 15 is 0 Å². The lowest BCUT2D eigenvalue weighted by atomic mass is 10.0. The van der Waals surface area contributed by atoms with Gasteiger partial charge < -0.3 is 19.8 Å². The number of amides is 1. The molecule has 1 amide bonds. The van der Waals surface area contributed by atoms with Crippen LogP contribution in [0.3, 0.4) is 0 Å². The summed E-state index contributed by atoms with van der Waals surface area (Å²) in [7, 11) is 0. The Labute approximate surface area is 204 Å². The lowest BCUT2D eigenvalue weighted by molar-refractivity contribution is -0.151. The molecule has 2 saturated heterocycles. The fourth-order valence-electron chi connectivity index (χ4n) is 4.89. The molecule has 2 aliphatic heterocycles. The van der Waals surface area contributed by atoms with Crippen molar-refractivity contribution in [2.45, 2.75) is 51.8 Å². The fraction of sp³-hybridized carbons (Fsp3) is 0.480. The first-order valence-corrected chi connectivity index (χ1v) is 12.0. The number of carbonyl (C=O) groups is 1. The number of anilines is 2. The minimum Gasteiger partial charge on any atom is -0.381 e. The molecule has 10 nitrogen and oxygen atoms in total. The van der Waals surface area contributed by atoms with Crippen LogP contribution >= 0.6 is 0 Å². The van der Waals surface area contributed by atoms with Crippen molar-refractivity contribution in [2.24, 2.45) is 0 Å². The van der Waals surface area contributed by atoms with Crippen LogP contribution in [-0.4, -0.2) is 79.3 Å². The third-order valence-corrected chi connectivity index (χ3v) is 6.90. The topological polar surface area (TPSA) is 114 Å². The summed E-state index contributed by atoms with van der Waals surface area (Å²) < 4.78 is 1.93. The van der Waals surface area contributed by atoms with Crippen molar-refractivity contribution in [3.05, 3.63) is 36.4 Å². The Morgan fingerprint density at radius 2 is 1.94 bits per heavy atom. The molecule has 2 aliphatic rings. The molecule has 0 radical (unpaired) electrons. The third-order valence-electron chi connectivity index (χ3n) is 6.90. The molecule has 0 aromatic carbocycles. The zero-order valence-electron chi connectivity index (χ0n) is 20.5. The minimum absolute atomic E-state index is 0.0109. The number of fused-ring (bicyclic) bond motifs is 1. The van der Waals surface area contributed by atoms with Crippen LogP contribution in [0.1, 0.15) is 39.7 Å². The van der Waals surface area contributed by atoms with Gasteiger partial charge >= 0.3 is 0 Å². The summed E-state index contributed by atoms with van der Waals surface area (Å²) in [6, 6.07) is 5.51. The van der Waals surface area contributed by atoms with Gasteiger partial charge in [0, 0.05) is 50.7 Å². The van der Waals surface area contributed by atoms with E-state index in [4.69, 9.17) is 4.98 Å². The smallest absolute Gasteiger partial charge is 0.254 e. The van der Waals surface area contributed by atoms with Crippen molar-refractivity contribution in [3.63, 3.8) is 0 Å². The molecular weight excluding hydrogens is 444 g/mol. The number of hydrogen-bond acceptors (Lipinski definition) is 8. The molecule has 0 saturated carbocycles. The van der Waals surface area contributed by atoms with Crippen LogP contribution in [0.4, 0.5) is 11.5 Å². The Balaban J connectivity index is 1.59. The second kappa shape index (κ2) is 8.50. The zero-order chi connectivity index (χ0) is 24.9. The molecule has 0 spiro atoms. The Bertz CT molecular complexity index is 1320. The van der Waals surface area contributed by atoms with Gasteiger partial charge in [0.2, 0.25) is 0 Å². The number of hydrogen-bond donors (Lipinski definition) is 1. The fourth-order valence-corrected chi connectivity index (χ4v) is 4.89. The molecule has 3 aromatic rings. The van der Waals surface area contributed by atoms with Crippen LogP contribution in [-0.2, 0) is 4.79 Å². The van der Waals surface area contributed by atoms with Gasteiger partial charge in [-0.25, -0.2) is 15.0 Å². The van der Waals surface area contributed by atoms with Crippen molar-refractivity contribution in [2.75, 3.05) is 36.0 Å². The molecule has 10 heteroatoms. The van der Waals surface area contributed by atoms with E-state index in [1.165, 1.54) is 13.8 Å². The molecule has 0 unspecified atom stereocenters. The van der Waals surface area contributed by atoms with E-state index in [9.17, 15) is 15.2 Å². The summed E-state index contributed by atoms with van der Waals surface area (Å²) in [5.41, 5.74) is 0.896. The Kier molecular flexibility index (Phi) is 5.60. The quantitative estimate of drug-likeness (QED) is 0.611. The van der Waals surface area contributed by atoms with Gasteiger partial charge in [0.05, 0.1) is 22.7 Å². The average molecular weight is 475 g/mol. The van der Waals surface area contributed by atoms with Crippen LogP contribution in [0, 0.1) is 11.3 Å². The number of pyridine rings is 1. The molecule has 0 aliphatic carbocycles. The van der Waals surface area contributed by atoms with Gasteiger partial charge in [0.1, 0.15) is 23.6 Å². The SMILES string of the molecule is C[C@@H]1CN(c2ncnc3c2c(N2CCC2)cn3-c2cc(C#N)ccn2)[C@@H](C)CN1C(=O)C(C)(C)O. The summed E-state index contributed by atoms with van der Waals surface area (Å²) in [4.78, 5) is 33.0. The number of rotatable bonds is 4. The standard InChI is InChI=1S/C25H30N8O2/c1-16-13-32(24(34)25(3,4)35)17(2)12-31(16)22-21-19(30-8-5-9-30)14-33(23(21)29-15-28-22)20-10-18(11-26)6-7-27-20/h6-7,10,14-17,35H,5,8-9,12-13H2,1-4H3/t16-,17+/m0/s1. The summed E-state index contributed by atoms with van der Waals surface area (Å²) in [6.45, 7) is 10.1. The largest absolute Gasteiger partial charge is 0.381 e. The van der Waals surface area contributed by atoms with Gasteiger partial charge in [0.25, 0.3) is 5.91 Å². The Hall–Kier alpha value is -3.71. The summed E-state index contributed by atoms with van der Waals surface area (Å²) in [6.07, 6.45) is 6.36. The Morgan fingerprint density at radius 1 is 1.17 bits per heavy atom. The highest BCUT2D eigenvalue weighted by molar-refractivity contribution is 6.01. The number of carbonyl (C=O) groups excluding carboxylic acids is 1. The molecule has 3 aromatic heterocycles. The summed E-state index contributed by atoms with van der Waals surface area (Å²) in [5, 5.41) is 20.6. The van der Waals surface area contributed by atoms with Gasteiger partial charge in [-0.3, -0.25) is 9.36 Å². The number of aliphatic hydroxyl groups is 1. The number of aromatic nitrogens is 4. The van der Waals surface area contributed by atoms with E-state index in [-0.39, 0.29) is 18.0 Å². The highest BCUT2D eigenvalue weighted by Crippen LogP contribution is 2.39. The maximum absolute atomic E-state index is 12.8. The van der Waals surface area contributed by atoms with Crippen molar-refractivity contribution in [3.8, 4) is 11.9 Å². The van der Waals surface area contributed by atoms with Crippen LogP contribution in [0.2, 0.25) is 0 Å². The summed E-state index contributed by atoms with van der Waals surface area (Å²) >= 11 is 0. The second-order valence-electron chi connectivity index (χ2n) is 10.0. The van der Waals surface area contributed by atoms with Gasteiger partial charge in [-0.15, -0.1) is 0 Å². The van der Waals surface area contributed by atoms with Gasteiger partial charge in [-0.05, 0) is 46.2 Å². The van der Waals surface area contributed by atoms with Gasteiger partial charge in [-0.2, -0.15) is 5.26 Å². The molecular formula is C25H30N8O2. The average Bonchev–Trinajstić information content (AvgIpc) is 3.17.